The molecule has 3 rings (SSSR count). The molecule has 3 aromatic rings. The van der Waals surface area contributed by atoms with Gasteiger partial charge in [-0.15, -0.1) is 0 Å². The number of nitrogens with zero attached hydrogens (tertiary/aromatic N) is 2. The van der Waals surface area contributed by atoms with E-state index in [2.05, 4.69) is 27.6 Å². The van der Waals surface area contributed by atoms with E-state index in [0.717, 1.165) is 3.57 Å². The van der Waals surface area contributed by atoms with Crippen LogP contribution in [-0.4, -0.2) is 9.55 Å². The Kier molecular flexibility index (Phi) is 3.62. The third-order valence-corrected chi connectivity index (χ3v) is 3.88. The van der Waals surface area contributed by atoms with Crippen LogP contribution < -0.4 is 11.3 Å². The summed E-state index contributed by atoms with van der Waals surface area (Å²) in [6.45, 7) is -0.543. The van der Waals surface area contributed by atoms with Gasteiger partial charge >= 0.3 is 0 Å². The molecule has 0 amide bonds. The van der Waals surface area contributed by atoms with E-state index in [-0.39, 0.29) is 11.5 Å². The van der Waals surface area contributed by atoms with Crippen molar-refractivity contribution in [2.45, 2.75) is 6.67 Å². The van der Waals surface area contributed by atoms with Gasteiger partial charge in [0, 0.05) is 3.57 Å². The molecule has 2 aromatic carbocycles. The van der Waals surface area contributed by atoms with Crippen molar-refractivity contribution in [2.24, 2.45) is 0 Å². The molecule has 0 aliphatic rings. The smallest absolute Gasteiger partial charge is 0.267 e. The van der Waals surface area contributed by atoms with Gasteiger partial charge < -0.3 is 5.73 Å². The maximum absolute atomic E-state index is 12.6. The monoisotopic (exact) mass is 395 g/mol. The second-order valence-electron chi connectivity index (χ2n) is 4.57. The number of aromatic nitrogens is 2. The molecule has 0 bridgehead atoms. The molecule has 0 aliphatic heterocycles. The van der Waals surface area contributed by atoms with Gasteiger partial charge in [-0.05, 0) is 58.5 Å². The predicted molar refractivity (Wildman–Crippen MR) is 89.3 cm³/mol. The molecule has 0 saturated heterocycles. The molecular weight excluding hydrogens is 384 g/mol. The lowest BCUT2D eigenvalue weighted by Crippen LogP contribution is -2.23. The highest BCUT2D eigenvalue weighted by molar-refractivity contribution is 14.1. The van der Waals surface area contributed by atoms with Gasteiger partial charge in [-0.3, -0.25) is 4.79 Å². The Morgan fingerprint density at radius 2 is 1.90 bits per heavy atom. The molecule has 1 aromatic heterocycles. The lowest BCUT2D eigenvalue weighted by atomic mass is 10.2. The second-order valence-corrected chi connectivity index (χ2v) is 5.82. The average molecular weight is 395 g/mol. The van der Waals surface area contributed by atoms with Crippen molar-refractivity contribution in [2.75, 3.05) is 5.73 Å². The highest BCUT2D eigenvalue weighted by Gasteiger charge is 2.10. The Hall–Kier alpha value is -1.96. The zero-order valence-electron chi connectivity index (χ0n) is 10.9. The fraction of sp³-hybridized carbons (Fsp3) is 0.0667. The number of anilines is 1. The molecule has 1 heterocycles. The average Bonchev–Trinajstić information content (AvgIpc) is 2.49. The standard InChI is InChI=1S/C15H11FIN3O/c16-8-9-1-4-11(5-2-9)20-14(21)12-7-10(17)3-6-13(12)19-15(20)18/h1-7H,8H2,(H2,18,19). The first kappa shape index (κ1) is 14.0. The van der Waals surface area contributed by atoms with Crippen molar-refractivity contribution in [1.29, 1.82) is 0 Å². The van der Waals surface area contributed by atoms with Crippen LogP contribution in [0, 0.1) is 3.57 Å². The summed E-state index contributed by atoms with van der Waals surface area (Å²) in [7, 11) is 0. The predicted octanol–water partition coefficient (Wildman–Crippen LogP) is 3.04. The van der Waals surface area contributed by atoms with Gasteiger partial charge in [-0.1, -0.05) is 12.1 Å². The molecule has 0 spiro atoms. The Morgan fingerprint density at radius 1 is 1.19 bits per heavy atom. The third-order valence-electron chi connectivity index (χ3n) is 3.21. The minimum Gasteiger partial charge on any atom is -0.369 e. The van der Waals surface area contributed by atoms with Gasteiger partial charge in [0.2, 0.25) is 5.95 Å². The number of hydrogen-bond donors (Lipinski definition) is 1. The number of benzene rings is 2. The Morgan fingerprint density at radius 3 is 2.57 bits per heavy atom. The zero-order chi connectivity index (χ0) is 15.0. The highest BCUT2D eigenvalue weighted by atomic mass is 127. The highest BCUT2D eigenvalue weighted by Crippen LogP contribution is 2.17. The lowest BCUT2D eigenvalue weighted by Gasteiger charge is -2.10. The maximum atomic E-state index is 12.6. The summed E-state index contributed by atoms with van der Waals surface area (Å²) >= 11 is 2.14. The Labute approximate surface area is 133 Å². The van der Waals surface area contributed by atoms with E-state index in [9.17, 15) is 9.18 Å². The molecule has 0 fully saturated rings. The van der Waals surface area contributed by atoms with Crippen LogP contribution in [0.4, 0.5) is 10.3 Å². The van der Waals surface area contributed by atoms with Crippen molar-refractivity contribution >= 4 is 39.4 Å². The number of fused-ring (bicyclic) bond motifs is 1. The van der Waals surface area contributed by atoms with E-state index in [1.54, 1.807) is 36.4 Å². The van der Waals surface area contributed by atoms with Gasteiger partial charge in [0.25, 0.3) is 5.56 Å². The summed E-state index contributed by atoms with van der Waals surface area (Å²) < 4.78 is 14.8. The van der Waals surface area contributed by atoms with Crippen LogP contribution in [0.5, 0.6) is 0 Å². The summed E-state index contributed by atoms with van der Waals surface area (Å²) in [4.78, 5) is 16.9. The number of nitrogen functional groups attached to an aromatic ring is 1. The van der Waals surface area contributed by atoms with Gasteiger partial charge in [-0.25, -0.2) is 13.9 Å². The summed E-state index contributed by atoms with van der Waals surface area (Å²) in [6, 6.07) is 12.0. The first-order valence-corrected chi connectivity index (χ1v) is 7.31. The molecule has 0 unspecified atom stereocenters. The van der Waals surface area contributed by atoms with Crippen molar-refractivity contribution in [1.82, 2.24) is 9.55 Å². The van der Waals surface area contributed by atoms with E-state index < -0.39 is 6.67 Å². The van der Waals surface area contributed by atoms with Gasteiger partial charge in [0.1, 0.15) is 6.67 Å². The normalized spacial score (nSPS) is 11.0. The fourth-order valence-corrected chi connectivity index (χ4v) is 2.65. The molecule has 0 atom stereocenters. The van der Waals surface area contributed by atoms with E-state index in [0.29, 0.717) is 22.2 Å². The summed E-state index contributed by atoms with van der Waals surface area (Å²) in [5.41, 5.74) is 7.36. The second kappa shape index (κ2) is 5.44. The number of hydrogen-bond acceptors (Lipinski definition) is 3. The van der Waals surface area contributed by atoms with E-state index in [1.807, 2.05) is 6.07 Å². The SMILES string of the molecule is Nc1nc2ccc(I)cc2c(=O)n1-c1ccc(CF)cc1. The van der Waals surface area contributed by atoms with Crippen molar-refractivity contribution in [3.05, 3.63) is 62.0 Å². The van der Waals surface area contributed by atoms with Crippen LogP contribution in [0.3, 0.4) is 0 Å². The van der Waals surface area contributed by atoms with Crippen LogP contribution in [-0.2, 0) is 6.67 Å². The van der Waals surface area contributed by atoms with Crippen molar-refractivity contribution in [3.8, 4) is 5.69 Å². The van der Waals surface area contributed by atoms with Gasteiger partial charge in [0.05, 0.1) is 16.6 Å². The molecule has 4 nitrogen and oxygen atoms in total. The minimum atomic E-state index is -0.543. The molecule has 106 valence electrons. The molecule has 0 radical (unpaired) electrons. The molecule has 6 heteroatoms. The minimum absolute atomic E-state index is 0.113. The Bertz CT molecular complexity index is 874. The van der Waals surface area contributed by atoms with Crippen LogP contribution >= 0.6 is 22.6 Å². The summed E-state index contributed by atoms with van der Waals surface area (Å²) in [5, 5.41) is 0.505. The van der Waals surface area contributed by atoms with Crippen LogP contribution in [0.25, 0.3) is 16.6 Å². The molecule has 0 aliphatic carbocycles. The number of alkyl halides is 1. The molecular formula is C15H11FIN3O. The third kappa shape index (κ3) is 2.51. The first-order valence-electron chi connectivity index (χ1n) is 6.23. The maximum Gasteiger partial charge on any atom is 0.267 e. The fourth-order valence-electron chi connectivity index (χ4n) is 2.16. The summed E-state index contributed by atoms with van der Waals surface area (Å²) in [5.74, 6) is 0.113. The van der Waals surface area contributed by atoms with E-state index >= 15 is 0 Å². The number of halogens is 2. The molecule has 0 saturated carbocycles. The largest absolute Gasteiger partial charge is 0.369 e. The van der Waals surface area contributed by atoms with E-state index in [1.165, 1.54) is 4.57 Å². The van der Waals surface area contributed by atoms with Crippen molar-refractivity contribution < 1.29 is 4.39 Å². The topological polar surface area (TPSA) is 60.9 Å². The number of rotatable bonds is 2. The first-order chi connectivity index (χ1) is 10.1. The quantitative estimate of drug-likeness (QED) is 0.679. The number of nitrogens with two attached hydrogens (primary N) is 1. The lowest BCUT2D eigenvalue weighted by molar-refractivity contribution is 0.485. The van der Waals surface area contributed by atoms with Crippen LogP contribution in [0.15, 0.2) is 47.3 Å². The summed E-state index contributed by atoms with van der Waals surface area (Å²) in [6.07, 6.45) is 0. The van der Waals surface area contributed by atoms with Gasteiger partial charge in [0.15, 0.2) is 0 Å². The van der Waals surface area contributed by atoms with Crippen LogP contribution in [0.2, 0.25) is 0 Å². The van der Waals surface area contributed by atoms with Gasteiger partial charge in [-0.2, -0.15) is 0 Å². The zero-order valence-corrected chi connectivity index (χ0v) is 13.0. The van der Waals surface area contributed by atoms with Crippen molar-refractivity contribution in [3.63, 3.8) is 0 Å². The molecule has 2 N–H and O–H groups in total. The van der Waals surface area contributed by atoms with Crippen LogP contribution in [0.1, 0.15) is 5.56 Å². The molecule has 21 heavy (non-hydrogen) atoms. The Balaban J connectivity index is 2.28. The van der Waals surface area contributed by atoms with E-state index in [4.69, 9.17) is 5.73 Å².